The molecule has 2 aliphatic rings. The second-order valence-electron chi connectivity index (χ2n) is 9.07. The van der Waals surface area contributed by atoms with Gasteiger partial charge in [0.25, 0.3) is 0 Å². The fourth-order valence-corrected chi connectivity index (χ4v) is 4.96. The van der Waals surface area contributed by atoms with Gasteiger partial charge in [-0.05, 0) is 68.8 Å². The van der Waals surface area contributed by atoms with Crippen LogP contribution in [0.3, 0.4) is 0 Å². The molecule has 0 N–H and O–H groups in total. The first-order valence-corrected chi connectivity index (χ1v) is 10.5. The second kappa shape index (κ2) is 7.02. The highest BCUT2D eigenvalue weighted by Crippen LogP contribution is 2.52. The van der Waals surface area contributed by atoms with Crippen molar-refractivity contribution in [3.63, 3.8) is 0 Å². The van der Waals surface area contributed by atoms with Crippen LogP contribution in [0, 0.1) is 11.3 Å². The third-order valence-electron chi connectivity index (χ3n) is 6.89. The predicted molar refractivity (Wildman–Crippen MR) is 112 cm³/mol. The predicted octanol–water partition coefficient (Wildman–Crippen LogP) is 3.26. The Hall–Kier alpha value is -2.60. The Balaban J connectivity index is 1.28. The van der Waals surface area contributed by atoms with Crippen LogP contribution < -0.4 is 0 Å². The van der Waals surface area contributed by atoms with E-state index in [0.717, 1.165) is 40.6 Å². The minimum atomic E-state index is 0.224. The monoisotopic (exact) mass is 389 g/mol. The van der Waals surface area contributed by atoms with Gasteiger partial charge in [0.2, 0.25) is 0 Å². The largest absolute Gasteiger partial charge is 0.306 e. The number of Topliss-reactive ketones (excluding diaryl/α,β-unsaturated/α-hetero) is 1. The zero-order valence-corrected chi connectivity index (χ0v) is 17.1. The van der Waals surface area contributed by atoms with Gasteiger partial charge < -0.3 is 4.90 Å². The summed E-state index contributed by atoms with van der Waals surface area (Å²) in [4.78, 5) is 19.8. The minimum Gasteiger partial charge on any atom is -0.306 e. The summed E-state index contributed by atoms with van der Waals surface area (Å²) in [5.41, 5.74) is 3.18. The third-order valence-corrected chi connectivity index (χ3v) is 6.89. The van der Waals surface area contributed by atoms with Crippen LogP contribution in [-0.2, 0) is 18.3 Å². The third kappa shape index (κ3) is 3.57. The Morgan fingerprint density at radius 3 is 2.66 bits per heavy atom. The summed E-state index contributed by atoms with van der Waals surface area (Å²) in [7, 11) is 4.05. The molecule has 1 saturated carbocycles. The van der Waals surface area contributed by atoms with E-state index in [1.165, 1.54) is 25.9 Å². The number of hydrogen-bond acceptors (Lipinski definition) is 5. The van der Waals surface area contributed by atoms with Crippen LogP contribution in [0.2, 0.25) is 0 Å². The molecule has 1 aliphatic carbocycles. The number of piperidine rings is 1. The summed E-state index contributed by atoms with van der Waals surface area (Å²) in [6.07, 6.45) is 8.85. The highest BCUT2D eigenvalue weighted by Gasteiger charge is 2.47. The average molecular weight is 390 g/mol. The molecule has 6 nitrogen and oxygen atoms in total. The molecule has 0 bridgehead atoms. The Labute approximate surface area is 170 Å². The van der Waals surface area contributed by atoms with E-state index in [9.17, 15) is 4.79 Å². The van der Waals surface area contributed by atoms with Gasteiger partial charge in [-0.1, -0.05) is 17.3 Å². The molecule has 2 fully saturated rings. The maximum atomic E-state index is 12.8. The van der Waals surface area contributed by atoms with Crippen molar-refractivity contribution in [2.75, 3.05) is 20.1 Å². The number of likely N-dealkylation sites (tertiary alicyclic amines) is 1. The maximum absolute atomic E-state index is 12.8. The summed E-state index contributed by atoms with van der Waals surface area (Å²) in [6.45, 7) is 2.34. The molecule has 1 spiro atoms. The van der Waals surface area contributed by atoms with Crippen LogP contribution in [-0.4, -0.2) is 50.8 Å². The quantitative estimate of drug-likeness (QED) is 0.685. The molecule has 1 aromatic carbocycles. The lowest BCUT2D eigenvalue weighted by atomic mass is 9.56. The molecule has 0 unspecified atom stereocenters. The Kier molecular flexibility index (Phi) is 4.46. The van der Waals surface area contributed by atoms with Gasteiger partial charge in [0.15, 0.2) is 0 Å². The molecule has 0 atom stereocenters. The van der Waals surface area contributed by atoms with Crippen molar-refractivity contribution in [1.82, 2.24) is 24.9 Å². The van der Waals surface area contributed by atoms with Crippen LogP contribution in [0.5, 0.6) is 0 Å². The van der Waals surface area contributed by atoms with Crippen molar-refractivity contribution in [1.29, 1.82) is 0 Å². The number of nitrogens with zero attached hydrogens (tertiary/aromatic N) is 5. The number of aromatic nitrogens is 4. The molecule has 1 aliphatic heterocycles. The number of benzene rings is 1. The van der Waals surface area contributed by atoms with E-state index in [1.807, 2.05) is 31.6 Å². The molecule has 3 aromatic rings. The molecule has 3 heterocycles. The van der Waals surface area contributed by atoms with Crippen molar-refractivity contribution >= 4 is 16.6 Å². The van der Waals surface area contributed by atoms with E-state index < -0.39 is 0 Å². The number of hydrogen-bond donors (Lipinski definition) is 0. The van der Waals surface area contributed by atoms with Crippen LogP contribution >= 0.6 is 0 Å². The number of carbonyl (C=O) groups is 1. The number of aryl methyl sites for hydroxylation is 1. The zero-order valence-electron chi connectivity index (χ0n) is 17.1. The first-order valence-electron chi connectivity index (χ1n) is 10.5. The number of fused-ring (bicyclic) bond motifs is 1. The van der Waals surface area contributed by atoms with Crippen molar-refractivity contribution < 1.29 is 4.79 Å². The van der Waals surface area contributed by atoms with E-state index >= 15 is 0 Å². The van der Waals surface area contributed by atoms with Gasteiger partial charge in [0.1, 0.15) is 11.5 Å². The standard InChI is InChI=1S/C23H27N5O/c1-27-7-5-23(6-8-27)12-19(13-23)22(29)11-20-10-18-9-16(3-4-17(18)14-24-20)21-15-28(2)26-25-21/h3-4,9-10,14-15,19H,5-8,11-13H2,1-2H3. The van der Waals surface area contributed by atoms with Crippen LogP contribution in [0.15, 0.2) is 36.7 Å². The topological polar surface area (TPSA) is 63.9 Å². The van der Waals surface area contributed by atoms with Gasteiger partial charge >= 0.3 is 0 Å². The molecular weight excluding hydrogens is 362 g/mol. The molecule has 5 rings (SSSR count). The highest BCUT2D eigenvalue weighted by atomic mass is 16.1. The van der Waals surface area contributed by atoms with E-state index in [-0.39, 0.29) is 5.92 Å². The number of rotatable bonds is 4. The lowest BCUT2D eigenvalue weighted by molar-refractivity contribution is -0.131. The molecule has 6 heteroatoms. The summed E-state index contributed by atoms with van der Waals surface area (Å²) >= 11 is 0. The fraction of sp³-hybridized carbons (Fsp3) is 0.478. The van der Waals surface area contributed by atoms with Crippen LogP contribution in [0.25, 0.3) is 22.0 Å². The molecule has 150 valence electrons. The van der Waals surface area contributed by atoms with Crippen molar-refractivity contribution in [2.45, 2.75) is 32.1 Å². The molecule has 1 saturated heterocycles. The zero-order chi connectivity index (χ0) is 20.0. The summed E-state index contributed by atoms with van der Waals surface area (Å²) in [5, 5.41) is 10.4. The van der Waals surface area contributed by atoms with Crippen molar-refractivity contribution in [3.8, 4) is 11.3 Å². The normalized spacial score (nSPS) is 19.5. The minimum absolute atomic E-state index is 0.224. The van der Waals surface area contributed by atoms with E-state index in [4.69, 9.17) is 0 Å². The average Bonchev–Trinajstić information content (AvgIpc) is 3.13. The summed E-state index contributed by atoms with van der Waals surface area (Å²) in [6, 6.07) is 8.24. The van der Waals surface area contributed by atoms with Gasteiger partial charge in [-0.15, -0.1) is 5.10 Å². The van der Waals surface area contributed by atoms with Gasteiger partial charge in [0, 0.05) is 42.2 Å². The smallest absolute Gasteiger partial charge is 0.141 e. The SMILES string of the molecule is CN1CCC2(CC1)CC(C(=O)Cc1cc3cc(-c4cn(C)nn4)ccc3cn1)C2. The first-order chi connectivity index (χ1) is 14.0. The Morgan fingerprint density at radius 2 is 1.93 bits per heavy atom. The lowest BCUT2D eigenvalue weighted by Gasteiger charge is -2.51. The van der Waals surface area contributed by atoms with Gasteiger partial charge in [-0.25, -0.2) is 0 Å². The van der Waals surface area contributed by atoms with Crippen molar-refractivity contribution in [3.05, 3.63) is 42.4 Å². The highest BCUT2D eigenvalue weighted by molar-refractivity contribution is 5.88. The Morgan fingerprint density at radius 1 is 1.14 bits per heavy atom. The fourth-order valence-electron chi connectivity index (χ4n) is 4.96. The summed E-state index contributed by atoms with van der Waals surface area (Å²) in [5.74, 6) is 0.577. The van der Waals surface area contributed by atoms with Gasteiger partial charge in [-0.2, -0.15) is 0 Å². The molecule has 0 radical (unpaired) electrons. The van der Waals surface area contributed by atoms with Crippen LogP contribution in [0.1, 0.15) is 31.4 Å². The molecule has 2 aromatic heterocycles. The van der Waals surface area contributed by atoms with Gasteiger partial charge in [-0.3, -0.25) is 14.5 Å². The van der Waals surface area contributed by atoms with Crippen molar-refractivity contribution in [2.24, 2.45) is 18.4 Å². The second-order valence-corrected chi connectivity index (χ2v) is 9.07. The summed E-state index contributed by atoms with van der Waals surface area (Å²) < 4.78 is 1.70. The molecule has 0 amide bonds. The molecule has 29 heavy (non-hydrogen) atoms. The van der Waals surface area contributed by atoms with Gasteiger partial charge in [0.05, 0.1) is 6.20 Å². The van der Waals surface area contributed by atoms with E-state index in [2.05, 4.69) is 39.4 Å². The molecular formula is C23H27N5O. The number of pyridine rings is 1. The maximum Gasteiger partial charge on any atom is 0.141 e. The van der Waals surface area contributed by atoms with E-state index in [0.29, 0.717) is 17.6 Å². The first kappa shape index (κ1) is 18.4. The number of ketones is 1. The lowest BCUT2D eigenvalue weighted by Crippen LogP contribution is -2.48. The van der Waals surface area contributed by atoms with Crippen LogP contribution in [0.4, 0.5) is 0 Å². The number of carbonyl (C=O) groups excluding carboxylic acids is 1. The van der Waals surface area contributed by atoms with E-state index in [1.54, 1.807) is 4.68 Å². The Bertz CT molecular complexity index is 1060.